The Kier molecular flexibility index (Phi) is 3.10. The number of anilines is 1. The second-order valence-corrected chi connectivity index (χ2v) is 5.65. The first-order valence-corrected chi connectivity index (χ1v) is 7.31. The van der Waals surface area contributed by atoms with Crippen LogP contribution in [0.4, 0.5) is 5.82 Å². The van der Waals surface area contributed by atoms with Gasteiger partial charge in [-0.2, -0.15) is 0 Å². The van der Waals surface area contributed by atoms with Crippen molar-refractivity contribution in [2.75, 3.05) is 18.4 Å². The first-order valence-electron chi connectivity index (χ1n) is 6.43. The zero-order valence-electron chi connectivity index (χ0n) is 11.0. The van der Waals surface area contributed by atoms with Crippen molar-refractivity contribution in [1.29, 1.82) is 0 Å². The van der Waals surface area contributed by atoms with Gasteiger partial charge in [-0.1, -0.05) is 0 Å². The van der Waals surface area contributed by atoms with Crippen LogP contribution >= 0.6 is 11.3 Å². The molecule has 0 aromatic carbocycles. The van der Waals surface area contributed by atoms with Crippen LogP contribution in [0.25, 0.3) is 10.2 Å². The van der Waals surface area contributed by atoms with Gasteiger partial charge in [0.15, 0.2) is 0 Å². The van der Waals surface area contributed by atoms with E-state index >= 15 is 0 Å². The molecule has 1 aliphatic heterocycles. The number of carbonyl (C=O) groups excluding carboxylic acids is 1. The molecule has 0 spiro atoms. The predicted molar refractivity (Wildman–Crippen MR) is 76.4 cm³/mol. The van der Waals surface area contributed by atoms with Gasteiger partial charge < -0.3 is 10.2 Å². The normalized spacial score (nSPS) is 19.4. The molecule has 19 heavy (non-hydrogen) atoms. The molecule has 1 saturated heterocycles. The van der Waals surface area contributed by atoms with Gasteiger partial charge in [-0.05, 0) is 25.3 Å². The van der Waals surface area contributed by atoms with Crippen molar-refractivity contribution < 1.29 is 4.79 Å². The molecule has 0 bridgehead atoms. The van der Waals surface area contributed by atoms with Crippen molar-refractivity contribution >= 4 is 33.3 Å². The molecule has 0 radical (unpaired) electrons. The number of amides is 1. The Morgan fingerprint density at radius 3 is 3.11 bits per heavy atom. The zero-order chi connectivity index (χ0) is 13.4. The number of likely N-dealkylation sites (N-methyl/N-ethyl adjacent to an activating group) is 1. The first-order chi connectivity index (χ1) is 9.17. The molecular weight excluding hydrogens is 260 g/mol. The highest BCUT2D eigenvalue weighted by Gasteiger charge is 2.28. The largest absolute Gasteiger partial charge is 0.364 e. The van der Waals surface area contributed by atoms with Crippen molar-refractivity contribution in [2.45, 2.75) is 26.3 Å². The molecule has 2 aromatic heterocycles. The van der Waals surface area contributed by atoms with Crippen molar-refractivity contribution in [3.8, 4) is 0 Å². The van der Waals surface area contributed by atoms with E-state index in [1.807, 2.05) is 30.2 Å². The summed E-state index contributed by atoms with van der Waals surface area (Å²) in [5.41, 5.74) is 0.969. The van der Waals surface area contributed by atoms with E-state index in [4.69, 9.17) is 0 Å². The summed E-state index contributed by atoms with van der Waals surface area (Å²) in [7, 11) is 0. The number of rotatable bonds is 3. The summed E-state index contributed by atoms with van der Waals surface area (Å²) in [6, 6.07) is 2.14. The number of hydrogen-bond acceptors (Lipinski definition) is 5. The molecule has 0 unspecified atom stereocenters. The van der Waals surface area contributed by atoms with Gasteiger partial charge in [0.2, 0.25) is 5.91 Å². The number of carbonyl (C=O) groups is 1. The Bertz CT molecular complexity index is 624. The third kappa shape index (κ3) is 2.28. The van der Waals surface area contributed by atoms with Crippen LogP contribution < -0.4 is 5.32 Å². The van der Waals surface area contributed by atoms with Gasteiger partial charge in [0, 0.05) is 19.5 Å². The Morgan fingerprint density at radius 1 is 1.53 bits per heavy atom. The molecule has 1 aliphatic rings. The Balaban J connectivity index is 1.86. The van der Waals surface area contributed by atoms with Crippen LogP contribution in [-0.4, -0.2) is 39.9 Å². The van der Waals surface area contributed by atoms with E-state index in [-0.39, 0.29) is 11.9 Å². The number of aromatic nitrogens is 2. The van der Waals surface area contributed by atoms with Crippen LogP contribution in [-0.2, 0) is 4.79 Å². The first kappa shape index (κ1) is 12.3. The van der Waals surface area contributed by atoms with Crippen LogP contribution in [0.15, 0.2) is 11.4 Å². The molecule has 1 N–H and O–H groups in total. The van der Waals surface area contributed by atoms with Gasteiger partial charge in [0.05, 0.1) is 16.3 Å². The highest BCUT2D eigenvalue weighted by Crippen LogP contribution is 2.27. The lowest BCUT2D eigenvalue weighted by Crippen LogP contribution is -2.27. The number of thiophene rings is 1. The van der Waals surface area contributed by atoms with Gasteiger partial charge in [0.25, 0.3) is 0 Å². The van der Waals surface area contributed by atoms with Gasteiger partial charge in [0.1, 0.15) is 11.6 Å². The van der Waals surface area contributed by atoms with Gasteiger partial charge in [-0.15, -0.1) is 11.3 Å². The zero-order valence-corrected chi connectivity index (χ0v) is 11.8. The minimum Gasteiger partial charge on any atom is -0.364 e. The number of likely N-dealkylation sites (tertiary alicyclic amines) is 1. The molecule has 3 heterocycles. The SMILES string of the molecule is CCN1C[C@@H](Nc2nc(C)nc3ccsc23)CC1=O. The fourth-order valence-corrected chi connectivity index (χ4v) is 3.23. The number of nitrogens with one attached hydrogen (secondary N) is 1. The van der Waals surface area contributed by atoms with E-state index in [9.17, 15) is 4.79 Å². The molecule has 3 rings (SSSR count). The van der Waals surface area contributed by atoms with Crippen LogP contribution in [0.3, 0.4) is 0 Å². The molecule has 5 nitrogen and oxygen atoms in total. The molecule has 1 fully saturated rings. The van der Waals surface area contributed by atoms with E-state index in [1.54, 1.807) is 11.3 Å². The van der Waals surface area contributed by atoms with Crippen molar-refractivity contribution in [2.24, 2.45) is 0 Å². The number of aryl methyl sites for hydroxylation is 1. The highest BCUT2D eigenvalue weighted by molar-refractivity contribution is 7.17. The smallest absolute Gasteiger partial charge is 0.224 e. The van der Waals surface area contributed by atoms with E-state index in [1.165, 1.54) is 0 Å². The summed E-state index contributed by atoms with van der Waals surface area (Å²) in [5.74, 6) is 1.83. The Labute approximate surface area is 115 Å². The van der Waals surface area contributed by atoms with Crippen LogP contribution in [0, 0.1) is 6.92 Å². The van der Waals surface area contributed by atoms with E-state index < -0.39 is 0 Å². The maximum atomic E-state index is 11.7. The van der Waals surface area contributed by atoms with Crippen molar-refractivity contribution in [3.63, 3.8) is 0 Å². The molecule has 0 aliphatic carbocycles. The third-order valence-corrected chi connectivity index (χ3v) is 4.26. The quantitative estimate of drug-likeness (QED) is 0.932. The average molecular weight is 276 g/mol. The van der Waals surface area contributed by atoms with E-state index in [2.05, 4.69) is 15.3 Å². The molecule has 0 saturated carbocycles. The van der Waals surface area contributed by atoms with E-state index in [0.717, 1.165) is 34.9 Å². The minimum absolute atomic E-state index is 0.145. The minimum atomic E-state index is 0.145. The van der Waals surface area contributed by atoms with Gasteiger partial charge in [-0.25, -0.2) is 9.97 Å². The van der Waals surface area contributed by atoms with E-state index in [0.29, 0.717) is 6.42 Å². The number of nitrogens with zero attached hydrogens (tertiary/aromatic N) is 3. The lowest BCUT2D eigenvalue weighted by Gasteiger charge is -2.15. The summed E-state index contributed by atoms with van der Waals surface area (Å²) in [4.78, 5) is 22.5. The molecule has 1 atom stereocenters. The molecule has 100 valence electrons. The maximum absolute atomic E-state index is 11.7. The lowest BCUT2D eigenvalue weighted by molar-refractivity contribution is -0.127. The summed E-state index contributed by atoms with van der Waals surface area (Å²) in [6.07, 6.45) is 0.545. The molecular formula is C13H16N4OS. The second kappa shape index (κ2) is 4.77. The summed E-state index contributed by atoms with van der Waals surface area (Å²) in [5, 5.41) is 5.42. The monoisotopic (exact) mass is 276 g/mol. The third-order valence-electron chi connectivity index (χ3n) is 3.35. The topological polar surface area (TPSA) is 58.1 Å². The molecule has 2 aromatic rings. The maximum Gasteiger partial charge on any atom is 0.224 e. The predicted octanol–water partition coefficient (Wildman–Crippen LogP) is 2.03. The summed E-state index contributed by atoms with van der Waals surface area (Å²) < 4.78 is 1.06. The Morgan fingerprint density at radius 2 is 2.37 bits per heavy atom. The standard InChI is InChI=1S/C13H16N4OS/c1-3-17-7-9(6-11(17)18)16-13-12-10(4-5-19-12)14-8(2)15-13/h4-5,9H,3,6-7H2,1-2H3,(H,14,15,16)/t9-/m0/s1. The average Bonchev–Trinajstić information content (AvgIpc) is 2.95. The summed E-state index contributed by atoms with van der Waals surface area (Å²) >= 11 is 1.63. The van der Waals surface area contributed by atoms with Crippen molar-refractivity contribution in [3.05, 3.63) is 17.3 Å². The van der Waals surface area contributed by atoms with Crippen LogP contribution in [0.2, 0.25) is 0 Å². The number of fused-ring (bicyclic) bond motifs is 1. The molecule has 6 heteroatoms. The van der Waals surface area contributed by atoms with Crippen LogP contribution in [0.1, 0.15) is 19.2 Å². The lowest BCUT2D eigenvalue weighted by atomic mass is 10.2. The fourth-order valence-electron chi connectivity index (χ4n) is 2.45. The van der Waals surface area contributed by atoms with Crippen LogP contribution in [0.5, 0.6) is 0 Å². The highest BCUT2D eigenvalue weighted by atomic mass is 32.1. The van der Waals surface area contributed by atoms with Gasteiger partial charge >= 0.3 is 0 Å². The van der Waals surface area contributed by atoms with Gasteiger partial charge in [-0.3, -0.25) is 4.79 Å². The Hall–Kier alpha value is -1.69. The second-order valence-electron chi connectivity index (χ2n) is 4.73. The van der Waals surface area contributed by atoms with Crippen molar-refractivity contribution in [1.82, 2.24) is 14.9 Å². The molecule has 1 amide bonds. The number of hydrogen-bond donors (Lipinski definition) is 1. The fraction of sp³-hybridized carbons (Fsp3) is 0.462. The summed E-state index contributed by atoms with van der Waals surface area (Å²) in [6.45, 7) is 5.42.